The molecule has 1 aromatic heterocycles. The number of nitrogens with one attached hydrogen (secondary N) is 2. The first-order valence-electron chi connectivity index (χ1n) is 11.0. The van der Waals surface area contributed by atoms with Gasteiger partial charge in [0.1, 0.15) is 16.9 Å². The van der Waals surface area contributed by atoms with Crippen LogP contribution in [0.3, 0.4) is 0 Å². The van der Waals surface area contributed by atoms with E-state index in [0.29, 0.717) is 0 Å². The van der Waals surface area contributed by atoms with Crippen molar-refractivity contribution in [1.82, 2.24) is 15.2 Å². The zero-order chi connectivity index (χ0) is 21.8. The number of rotatable bonds is 7. The average molecular weight is 424 g/mol. The van der Waals surface area contributed by atoms with Crippen LogP contribution in [0, 0.1) is 0 Å². The highest BCUT2D eigenvalue weighted by molar-refractivity contribution is 5.99. The maximum absolute atomic E-state index is 13.0. The second-order valence-corrected chi connectivity index (χ2v) is 8.43. The summed E-state index contributed by atoms with van der Waals surface area (Å²) < 4.78 is 7.06. The first-order chi connectivity index (χ1) is 15.0. The zero-order valence-electron chi connectivity index (χ0n) is 17.9. The van der Waals surface area contributed by atoms with E-state index in [0.717, 1.165) is 49.8 Å². The number of amides is 2. The van der Waals surface area contributed by atoms with Gasteiger partial charge in [-0.25, -0.2) is 0 Å². The minimum atomic E-state index is -0.516. The van der Waals surface area contributed by atoms with Gasteiger partial charge in [-0.1, -0.05) is 31.4 Å². The van der Waals surface area contributed by atoms with Crippen molar-refractivity contribution in [3.63, 3.8) is 0 Å². The standard InChI is InChI=1S/C24H29N3O4/c1-31-19-11-7-16(8-12-19)13-25-23(29)20-14-27(18-5-3-2-4-6-18)15-21(22(20)28)24(30)26-17-9-10-17/h7-8,11-12,14-15,17-18H,2-6,9-10,13H2,1H3,(H,25,29)(H,26,30). The number of methoxy groups -OCH3 is 1. The maximum atomic E-state index is 13.0. The molecule has 0 spiro atoms. The lowest BCUT2D eigenvalue weighted by atomic mass is 9.95. The Labute approximate surface area is 181 Å². The fourth-order valence-electron chi connectivity index (χ4n) is 4.02. The highest BCUT2D eigenvalue weighted by Gasteiger charge is 2.27. The summed E-state index contributed by atoms with van der Waals surface area (Å²) in [4.78, 5) is 38.7. The van der Waals surface area contributed by atoms with Crippen LogP contribution in [0.1, 0.15) is 77.3 Å². The molecule has 0 unspecified atom stereocenters. The molecule has 0 bridgehead atoms. The summed E-state index contributed by atoms with van der Waals surface area (Å²) in [6, 6.07) is 7.70. The zero-order valence-corrected chi connectivity index (χ0v) is 17.9. The third kappa shape index (κ3) is 5.16. The van der Waals surface area contributed by atoms with Gasteiger partial charge < -0.3 is 19.9 Å². The molecule has 31 heavy (non-hydrogen) atoms. The van der Waals surface area contributed by atoms with Crippen LogP contribution in [0.25, 0.3) is 0 Å². The molecule has 0 saturated heterocycles. The lowest BCUT2D eigenvalue weighted by molar-refractivity contribution is 0.0947. The number of pyridine rings is 1. The Morgan fingerprint density at radius 1 is 0.968 bits per heavy atom. The van der Waals surface area contributed by atoms with Gasteiger partial charge in [0.15, 0.2) is 0 Å². The molecule has 0 atom stereocenters. The lowest BCUT2D eigenvalue weighted by Gasteiger charge is -2.25. The molecule has 2 amide bonds. The predicted octanol–water partition coefficient (Wildman–Crippen LogP) is 3.18. The van der Waals surface area contributed by atoms with Crippen LogP contribution >= 0.6 is 0 Å². The molecule has 164 valence electrons. The quantitative estimate of drug-likeness (QED) is 0.716. The first kappa shape index (κ1) is 21.2. The number of hydrogen-bond donors (Lipinski definition) is 2. The van der Waals surface area contributed by atoms with Crippen LogP contribution in [0.4, 0.5) is 0 Å². The van der Waals surface area contributed by atoms with Gasteiger partial charge in [0.25, 0.3) is 11.8 Å². The van der Waals surface area contributed by atoms with E-state index in [4.69, 9.17) is 4.74 Å². The number of hydrogen-bond acceptors (Lipinski definition) is 4. The lowest BCUT2D eigenvalue weighted by Crippen LogP contribution is -2.36. The van der Waals surface area contributed by atoms with Crippen molar-refractivity contribution in [2.75, 3.05) is 7.11 Å². The molecular formula is C24H29N3O4. The topological polar surface area (TPSA) is 89.4 Å². The van der Waals surface area contributed by atoms with Gasteiger partial charge in [-0.2, -0.15) is 0 Å². The second-order valence-electron chi connectivity index (χ2n) is 8.43. The Bertz CT molecular complexity index is 1000. The largest absolute Gasteiger partial charge is 0.497 e. The molecule has 2 N–H and O–H groups in total. The van der Waals surface area contributed by atoms with Gasteiger partial charge >= 0.3 is 0 Å². The molecule has 2 fully saturated rings. The summed E-state index contributed by atoms with van der Waals surface area (Å²) in [6.07, 6.45) is 10.5. The van der Waals surface area contributed by atoms with Crippen LogP contribution in [-0.4, -0.2) is 29.5 Å². The summed E-state index contributed by atoms with van der Waals surface area (Å²) in [6.45, 7) is 0.282. The fraction of sp³-hybridized carbons (Fsp3) is 0.458. The Morgan fingerprint density at radius 2 is 1.61 bits per heavy atom. The summed E-state index contributed by atoms with van der Waals surface area (Å²) >= 11 is 0. The summed E-state index contributed by atoms with van der Waals surface area (Å²) in [7, 11) is 1.60. The highest BCUT2D eigenvalue weighted by atomic mass is 16.5. The molecule has 1 heterocycles. The Kier molecular flexibility index (Phi) is 6.39. The third-order valence-corrected chi connectivity index (χ3v) is 6.06. The predicted molar refractivity (Wildman–Crippen MR) is 117 cm³/mol. The van der Waals surface area contributed by atoms with Crippen molar-refractivity contribution in [2.24, 2.45) is 0 Å². The van der Waals surface area contributed by atoms with Gasteiger partial charge in [0.2, 0.25) is 5.43 Å². The van der Waals surface area contributed by atoms with Crippen LogP contribution < -0.4 is 20.8 Å². The Balaban J connectivity index is 1.58. The number of nitrogens with zero attached hydrogens (tertiary/aromatic N) is 1. The summed E-state index contributed by atoms with van der Waals surface area (Å²) in [5.41, 5.74) is 0.443. The minimum Gasteiger partial charge on any atom is -0.497 e. The molecule has 0 radical (unpaired) electrons. The van der Waals surface area contributed by atoms with E-state index in [-0.39, 0.29) is 35.7 Å². The van der Waals surface area contributed by atoms with E-state index >= 15 is 0 Å². The van der Waals surface area contributed by atoms with Crippen LogP contribution in [0.5, 0.6) is 5.75 Å². The van der Waals surface area contributed by atoms with E-state index < -0.39 is 11.3 Å². The van der Waals surface area contributed by atoms with Crippen molar-refractivity contribution >= 4 is 11.8 Å². The molecule has 2 aliphatic carbocycles. The van der Waals surface area contributed by atoms with Gasteiger partial charge in [-0.15, -0.1) is 0 Å². The van der Waals surface area contributed by atoms with Gasteiger partial charge in [0.05, 0.1) is 7.11 Å². The number of ether oxygens (including phenoxy) is 1. The second kappa shape index (κ2) is 9.37. The molecule has 1 aromatic carbocycles. The molecule has 0 aliphatic heterocycles. The van der Waals surface area contributed by atoms with Crippen LogP contribution in [-0.2, 0) is 6.54 Å². The van der Waals surface area contributed by atoms with Gasteiger partial charge in [-0.3, -0.25) is 14.4 Å². The van der Waals surface area contributed by atoms with E-state index in [1.807, 2.05) is 28.8 Å². The molecule has 2 aliphatic rings. The fourth-order valence-corrected chi connectivity index (χ4v) is 4.02. The van der Waals surface area contributed by atoms with Crippen LogP contribution in [0.15, 0.2) is 41.5 Å². The molecule has 7 heteroatoms. The highest BCUT2D eigenvalue weighted by Crippen LogP contribution is 2.28. The minimum absolute atomic E-state index is 0.0162. The third-order valence-electron chi connectivity index (χ3n) is 6.06. The maximum Gasteiger partial charge on any atom is 0.257 e. The van der Waals surface area contributed by atoms with Crippen molar-refractivity contribution in [1.29, 1.82) is 0 Å². The van der Waals surface area contributed by atoms with E-state index in [9.17, 15) is 14.4 Å². The van der Waals surface area contributed by atoms with Gasteiger partial charge in [-0.05, 0) is 43.4 Å². The smallest absolute Gasteiger partial charge is 0.257 e. The normalized spacial score (nSPS) is 16.5. The monoisotopic (exact) mass is 423 g/mol. The average Bonchev–Trinajstić information content (AvgIpc) is 3.62. The molecular weight excluding hydrogens is 394 g/mol. The SMILES string of the molecule is COc1ccc(CNC(=O)c2cn(C3CCCCC3)cc(C(=O)NC3CC3)c2=O)cc1. The summed E-state index contributed by atoms with van der Waals surface area (Å²) in [5, 5.41) is 5.70. The molecule has 2 aromatic rings. The van der Waals surface area contributed by atoms with Crippen molar-refractivity contribution in [3.8, 4) is 5.75 Å². The summed E-state index contributed by atoms with van der Waals surface area (Å²) in [5.74, 6) is -0.117. The van der Waals surface area contributed by atoms with E-state index in [1.54, 1.807) is 19.5 Å². The number of aromatic nitrogens is 1. The number of carbonyl (C=O) groups excluding carboxylic acids is 2. The molecule has 2 saturated carbocycles. The van der Waals surface area contributed by atoms with E-state index in [2.05, 4.69) is 10.6 Å². The van der Waals surface area contributed by atoms with Gasteiger partial charge in [0, 0.05) is 31.0 Å². The van der Waals surface area contributed by atoms with E-state index in [1.165, 1.54) is 6.42 Å². The first-order valence-corrected chi connectivity index (χ1v) is 11.0. The number of carbonyl (C=O) groups is 2. The van der Waals surface area contributed by atoms with Crippen molar-refractivity contribution in [2.45, 2.75) is 63.6 Å². The Hall–Kier alpha value is -3.09. The van der Waals surface area contributed by atoms with Crippen molar-refractivity contribution in [3.05, 3.63) is 63.6 Å². The molecule has 7 nitrogen and oxygen atoms in total. The van der Waals surface area contributed by atoms with Crippen LogP contribution in [0.2, 0.25) is 0 Å². The molecule has 4 rings (SSSR count). The number of benzene rings is 1. The Morgan fingerprint density at radius 3 is 2.23 bits per heavy atom. The van der Waals surface area contributed by atoms with Crippen molar-refractivity contribution < 1.29 is 14.3 Å².